The van der Waals surface area contributed by atoms with E-state index in [4.69, 9.17) is 23.2 Å². The zero-order chi connectivity index (χ0) is 7.84. The van der Waals surface area contributed by atoms with Crippen LogP contribution in [0.15, 0.2) is 18.2 Å². The number of fused-ring (bicyclic) bond motifs is 1. The van der Waals surface area contributed by atoms with E-state index in [1.165, 1.54) is 11.3 Å². The molecule has 2 aromatic rings. The van der Waals surface area contributed by atoms with Crippen molar-refractivity contribution >= 4 is 44.6 Å². The van der Waals surface area contributed by atoms with Crippen molar-refractivity contribution < 1.29 is 0 Å². The molecule has 0 atom stereocenters. The summed E-state index contributed by atoms with van der Waals surface area (Å²) in [4.78, 5) is 0. The number of hydrogen-bond donors (Lipinski definition) is 0. The van der Waals surface area contributed by atoms with Gasteiger partial charge in [0.25, 0.3) is 0 Å². The first-order chi connectivity index (χ1) is 5.27. The third-order valence-electron chi connectivity index (χ3n) is 1.43. The summed E-state index contributed by atoms with van der Waals surface area (Å²) in [7, 11) is 0. The summed E-state index contributed by atoms with van der Waals surface area (Å²) in [6, 6.07) is 5.63. The molecule has 0 N–H and O–H groups in total. The largest absolute Gasteiger partial charge is 0.133 e. The second kappa shape index (κ2) is 2.67. The molecule has 1 heterocycles. The molecule has 0 amide bonds. The van der Waals surface area contributed by atoms with Crippen molar-refractivity contribution in [1.82, 2.24) is 0 Å². The monoisotopic (exact) mass is 201 g/mol. The summed E-state index contributed by atoms with van der Waals surface area (Å²) in [6.45, 7) is 0. The van der Waals surface area contributed by atoms with E-state index in [9.17, 15) is 0 Å². The van der Waals surface area contributed by atoms with Gasteiger partial charge in [0, 0.05) is 15.1 Å². The number of rotatable bonds is 0. The molecule has 0 aliphatic carbocycles. The maximum atomic E-state index is 5.84. The fourth-order valence-electron chi connectivity index (χ4n) is 0.917. The van der Waals surface area contributed by atoms with E-state index in [-0.39, 0.29) is 0 Å². The average molecular weight is 202 g/mol. The molecule has 3 heteroatoms. The van der Waals surface area contributed by atoms with Crippen LogP contribution in [0.2, 0.25) is 10.0 Å². The zero-order valence-corrected chi connectivity index (χ0v) is 7.72. The van der Waals surface area contributed by atoms with E-state index in [0.717, 1.165) is 15.1 Å². The first kappa shape index (κ1) is 7.41. The van der Waals surface area contributed by atoms with E-state index in [1.54, 1.807) is 0 Å². The van der Waals surface area contributed by atoms with Crippen LogP contribution in [-0.4, -0.2) is 0 Å². The van der Waals surface area contributed by atoms with Gasteiger partial charge in [-0.1, -0.05) is 29.3 Å². The van der Waals surface area contributed by atoms with Crippen molar-refractivity contribution in [2.24, 2.45) is 0 Å². The lowest BCUT2D eigenvalue weighted by Crippen LogP contribution is -1.63. The van der Waals surface area contributed by atoms with Crippen molar-refractivity contribution in [3.63, 3.8) is 0 Å². The quantitative estimate of drug-likeness (QED) is 0.605. The Morgan fingerprint density at radius 2 is 2.09 bits per heavy atom. The van der Waals surface area contributed by atoms with Gasteiger partial charge < -0.3 is 0 Å². The predicted octanol–water partition coefficient (Wildman–Crippen LogP) is 4.01. The summed E-state index contributed by atoms with van der Waals surface area (Å²) in [6.07, 6.45) is 0. The summed E-state index contributed by atoms with van der Waals surface area (Å²) in [5.41, 5.74) is 0. The first-order valence-electron chi connectivity index (χ1n) is 3.02. The smallest absolute Gasteiger partial charge is 0.0679 e. The van der Waals surface area contributed by atoms with E-state index < -0.39 is 0 Å². The van der Waals surface area contributed by atoms with Gasteiger partial charge >= 0.3 is 0 Å². The average Bonchev–Trinajstić information content (AvgIpc) is 2.32. The third-order valence-corrected chi connectivity index (χ3v) is 2.94. The third kappa shape index (κ3) is 1.24. The highest BCUT2D eigenvalue weighted by atomic mass is 35.5. The van der Waals surface area contributed by atoms with Gasteiger partial charge in [-0.25, -0.2) is 0 Å². The first-order valence-corrected chi connectivity index (χ1v) is 4.60. The Morgan fingerprint density at radius 1 is 1.27 bits per heavy atom. The lowest BCUT2D eigenvalue weighted by atomic mass is 10.3. The summed E-state index contributed by atoms with van der Waals surface area (Å²) < 4.78 is 1.09. The van der Waals surface area contributed by atoms with Crippen molar-refractivity contribution in [2.45, 2.75) is 0 Å². The highest BCUT2D eigenvalue weighted by molar-refractivity contribution is 7.17. The molecule has 0 nitrogen and oxygen atoms in total. The maximum Gasteiger partial charge on any atom is 0.0679 e. The molecule has 0 spiro atoms. The fourth-order valence-corrected chi connectivity index (χ4v) is 2.27. The Bertz CT molecular complexity index is 392. The summed E-state index contributed by atoms with van der Waals surface area (Å²) >= 11 is 13.1. The molecule has 0 aliphatic rings. The van der Waals surface area contributed by atoms with Crippen LogP contribution in [0, 0.1) is 5.38 Å². The van der Waals surface area contributed by atoms with Crippen LogP contribution in [0.4, 0.5) is 0 Å². The number of hydrogen-bond acceptors (Lipinski definition) is 1. The molecule has 0 aliphatic heterocycles. The molecule has 0 fully saturated rings. The molecule has 55 valence electrons. The minimum atomic E-state index is 0.682. The normalized spacial score (nSPS) is 10.7. The molecule has 11 heavy (non-hydrogen) atoms. The topological polar surface area (TPSA) is 0 Å². The van der Waals surface area contributed by atoms with Crippen molar-refractivity contribution in [3.8, 4) is 0 Å². The summed E-state index contributed by atoms with van der Waals surface area (Å²) in [5.74, 6) is 0. The lowest BCUT2D eigenvalue weighted by molar-refractivity contribution is 1.84. The van der Waals surface area contributed by atoms with Gasteiger partial charge in [0.05, 0.1) is 10.4 Å². The molecule has 1 aromatic carbocycles. The van der Waals surface area contributed by atoms with Gasteiger partial charge in [0.15, 0.2) is 0 Å². The number of halogens is 2. The molecular weight excluding hydrogens is 199 g/mol. The van der Waals surface area contributed by atoms with E-state index in [2.05, 4.69) is 5.38 Å². The van der Waals surface area contributed by atoms with Crippen LogP contribution in [-0.2, 0) is 0 Å². The SMILES string of the molecule is Clc1ccc2c(Cl)[c]sc2c1. The molecule has 0 unspecified atom stereocenters. The van der Waals surface area contributed by atoms with Crippen LogP contribution in [0.3, 0.4) is 0 Å². The Labute approximate surface area is 78.4 Å². The summed E-state index contributed by atoms with van der Waals surface area (Å²) in [5, 5.41) is 5.40. The van der Waals surface area contributed by atoms with Crippen LogP contribution < -0.4 is 0 Å². The molecule has 1 aromatic heterocycles. The Morgan fingerprint density at radius 3 is 2.91 bits per heavy atom. The standard InChI is InChI=1S/C8H3Cl2S/c9-5-1-2-6-7(10)4-11-8(6)3-5/h1-3H. The van der Waals surface area contributed by atoms with Crippen molar-refractivity contribution in [1.29, 1.82) is 0 Å². The Hall–Kier alpha value is -0.240. The van der Waals surface area contributed by atoms with Crippen LogP contribution >= 0.6 is 34.5 Å². The molecule has 0 bridgehead atoms. The maximum absolute atomic E-state index is 5.84. The van der Waals surface area contributed by atoms with Gasteiger partial charge in [0.2, 0.25) is 0 Å². The van der Waals surface area contributed by atoms with E-state index in [0.29, 0.717) is 5.02 Å². The second-order valence-corrected chi connectivity index (χ2v) is 3.82. The van der Waals surface area contributed by atoms with E-state index >= 15 is 0 Å². The minimum Gasteiger partial charge on any atom is -0.133 e. The Balaban J connectivity index is 2.86. The highest BCUT2D eigenvalue weighted by Crippen LogP contribution is 2.30. The Kier molecular flexibility index (Phi) is 1.80. The lowest BCUT2D eigenvalue weighted by Gasteiger charge is -1.89. The van der Waals surface area contributed by atoms with Crippen LogP contribution in [0.1, 0.15) is 0 Å². The van der Waals surface area contributed by atoms with Gasteiger partial charge in [0.1, 0.15) is 0 Å². The van der Waals surface area contributed by atoms with Crippen LogP contribution in [0.25, 0.3) is 10.1 Å². The van der Waals surface area contributed by atoms with Crippen molar-refractivity contribution in [2.75, 3.05) is 0 Å². The predicted molar refractivity (Wildman–Crippen MR) is 50.7 cm³/mol. The fraction of sp³-hybridized carbons (Fsp3) is 0. The second-order valence-electron chi connectivity index (χ2n) is 2.16. The highest BCUT2D eigenvalue weighted by Gasteiger charge is 2.01. The molecular formula is C8H3Cl2S. The minimum absolute atomic E-state index is 0.682. The molecule has 1 radical (unpaired) electrons. The van der Waals surface area contributed by atoms with Gasteiger partial charge in [-0.2, -0.15) is 0 Å². The van der Waals surface area contributed by atoms with Gasteiger partial charge in [-0.3, -0.25) is 0 Å². The molecule has 0 saturated carbocycles. The van der Waals surface area contributed by atoms with Crippen LogP contribution in [0.5, 0.6) is 0 Å². The van der Waals surface area contributed by atoms with Crippen molar-refractivity contribution in [3.05, 3.63) is 33.6 Å². The number of benzene rings is 1. The molecule has 0 saturated heterocycles. The zero-order valence-electron chi connectivity index (χ0n) is 5.40. The molecule has 2 rings (SSSR count). The van der Waals surface area contributed by atoms with Gasteiger partial charge in [-0.05, 0) is 12.1 Å². The van der Waals surface area contributed by atoms with E-state index in [1.807, 2.05) is 18.2 Å². The number of thiophene rings is 1. The van der Waals surface area contributed by atoms with Gasteiger partial charge in [-0.15, -0.1) is 11.3 Å².